The standard InChI is InChI=1S/C15H28N4/c1-4-5-15(6-8-16-9-7-15)13-18(2)12-14-17-10-11-19(14)3/h10-11,16H,4-9,12-13H2,1-3H3. The zero-order valence-electron chi connectivity index (χ0n) is 12.7. The summed E-state index contributed by atoms with van der Waals surface area (Å²) in [6.07, 6.45) is 9.17. The number of aromatic nitrogens is 2. The molecule has 108 valence electrons. The lowest BCUT2D eigenvalue weighted by atomic mass is 9.75. The van der Waals surface area contributed by atoms with E-state index in [1.165, 1.54) is 45.3 Å². The summed E-state index contributed by atoms with van der Waals surface area (Å²) in [7, 11) is 4.30. The van der Waals surface area contributed by atoms with Crippen LogP contribution in [0.2, 0.25) is 0 Å². The molecule has 2 rings (SSSR count). The fraction of sp³-hybridized carbons (Fsp3) is 0.800. The van der Waals surface area contributed by atoms with Gasteiger partial charge in [0.2, 0.25) is 0 Å². The molecule has 19 heavy (non-hydrogen) atoms. The Kier molecular flexibility index (Phi) is 4.99. The number of imidazole rings is 1. The minimum absolute atomic E-state index is 0.514. The Morgan fingerprint density at radius 3 is 2.74 bits per heavy atom. The summed E-state index contributed by atoms with van der Waals surface area (Å²) in [6.45, 7) is 6.80. The van der Waals surface area contributed by atoms with Crippen LogP contribution in [0.15, 0.2) is 12.4 Å². The fourth-order valence-corrected chi connectivity index (χ4v) is 3.39. The largest absolute Gasteiger partial charge is 0.337 e. The summed E-state index contributed by atoms with van der Waals surface area (Å²) in [4.78, 5) is 6.87. The van der Waals surface area contributed by atoms with Crippen molar-refractivity contribution in [2.24, 2.45) is 12.5 Å². The number of hydrogen-bond acceptors (Lipinski definition) is 3. The highest BCUT2D eigenvalue weighted by Gasteiger charge is 2.32. The SMILES string of the molecule is CCCC1(CN(C)Cc2nccn2C)CCNCC1. The van der Waals surface area contributed by atoms with Gasteiger partial charge in [0.15, 0.2) is 0 Å². The van der Waals surface area contributed by atoms with Crippen LogP contribution in [0.25, 0.3) is 0 Å². The van der Waals surface area contributed by atoms with Gasteiger partial charge in [0.25, 0.3) is 0 Å². The van der Waals surface area contributed by atoms with Gasteiger partial charge in [-0.15, -0.1) is 0 Å². The van der Waals surface area contributed by atoms with E-state index in [1.54, 1.807) is 0 Å². The number of aryl methyl sites for hydroxylation is 1. The number of nitrogens with zero attached hydrogens (tertiary/aromatic N) is 3. The van der Waals surface area contributed by atoms with Crippen molar-refractivity contribution in [3.05, 3.63) is 18.2 Å². The van der Waals surface area contributed by atoms with Gasteiger partial charge in [0, 0.05) is 26.0 Å². The first-order chi connectivity index (χ1) is 9.15. The number of piperidine rings is 1. The van der Waals surface area contributed by atoms with Crippen molar-refractivity contribution in [1.82, 2.24) is 19.8 Å². The Labute approximate surface area is 117 Å². The summed E-state index contributed by atoms with van der Waals surface area (Å²) < 4.78 is 2.12. The van der Waals surface area contributed by atoms with E-state index >= 15 is 0 Å². The van der Waals surface area contributed by atoms with Crippen LogP contribution < -0.4 is 5.32 Å². The number of rotatable bonds is 6. The maximum absolute atomic E-state index is 4.43. The molecule has 0 aliphatic carbocycles. The van der Waals surface area contributed by atoms with Crippen LogP contribution >= 0.6 is 0 Å². The van der Waals surface area contributed by atoms with Crippen LogP contribution in [-0.4, -0.2) is 41.1 Å². The topological polar surface area (TPSA) is 33.1 Å². The first kappa shape index (κ1) is 14.5. The molecular formula is C15H28N4. The third kappa shape index (κ3) is 3.80. The van der Waals surface area contributed by atoms with Crippen LogP contribution in [0.4, 0.5) is 0 Å². The lowest BCUT2D eigenvalue weighted by Gasteiger charge is -2.40. The second kappa shape index (κ2) is 6.53. The van der Waals surface area contributed by atoms with E-state index in [0.29, 0.717) is 5.41 Å². The van der Waals surface area contributed by atoms with Crippen LogP contribution in [0.1, 0.15) is 38.4 Å². The Bertz CT molecular complexity index is 374. The summed E-state index contributed by atoms with van der Waals surface area (Å²) in [5, 5.41) is 3.49. The van der Waals surface area contributed by atoms with Gasteiger partial charge in [-0.2, -0.15) is 0 Å². The molecule has 1 aliphatic heterocycles. The van der Waals surface area contributed by atoms with Crippen molar-refractivity contribution in [2.45, 2.75) is 39.2 Å². The number of hydrogen-bond donors (Lipinski definition) is 1. The van der Waals surface area contributed by atoms with Gasteiger partial charge < -0.3 is 9.88 Å². The van der Waals surface area contributed by atoms with Gasteiger partial charge in [-0.05, 0) is 44.8 Å². The third-order valence-electron chi connectivity index (χ3n) is 4.38. The van der Waals surface area contributed by atoms with Crippen LogP contribution in [0.5, 0.6) is 0 Å². The average Bonchev–Trinajstić information content (AvgIpc) is 2.76. The Morgan fingerprint density at radius 2 is 2.16 bits per heavy atom. The normalized spacial score (nSPS) is 18.9. The molecule has 1 N–H and O–H groups in total. The molecule has 0 unspecified atom stereocenters. The first-order valence-electron chi connectivity index (χ1n) is 7.51. The van der Waals surface area contributed by atoms with Gasteiger partial charge >= 0.3 is 0 Å². The highest BCUT2D eigenvalue weighted by Crippen LogP contribution is 2.34. The molecule has 1 aromatic rings. The van der Waals surface area contributed by atoms with Gasteiger partial charge in [-0.3, -0.25) is 4.90 Å². The Morgan fingerprint density at radius 1 is 1.42 bits per heavy atom. The van der Waals surface area contributed by atoms with E-state index in [0.717, 1.165) is 12.4 Å². The van der Waals surface area contributed by atoms with Crippen molar-refractivity contribution in [3.8, 4) is 0 Å². The van der Waals surface area contributed by atoms with E-state index < -0.39 is 0 Å². The third-order valence-corrected chi connectivity index (χ3v) is 4.38. The Balaban J connectivity index is 1.94. The zero-order valence-corrected chi connectivity index (χ0v) is 12.7. The van der Waals surface area contributed by atoms with E-state index in [-0.39, 0.29) is 0 Å². The predicted molar refractivity (Wildman–Crippen MR) is 79.0 cm³/mol. The van der Waals surface area contributed by atoms with Gasteiger partial charge in [0.1, 0.15) is 5.82 Å². The molecule has 0 spiro atoms. The second-order valence-electron chi connectivity index (χ2n) is 6.13. The molecule has 0 bridgehead atoms. The van der Waals surface area contributed by atoms with Crippen molar-refractivity contribution in [1.29, 1.82) is 0 Å². The van der Waals surface area contributed by atoms with E-state index in [2.05, 4.69) is 40.8 Å². The Hall–Kier alpha value is -0.870. The van der Waals surface area contributed by atoms with Crippen LogP contribution in [-0.2, 0) is 13.6 Å². The van der Waals surface area contributed by atoms with Crippen molar-refractivity contribution >= 4 is 0 Å². The van der Waals surface area contributed by atoms with Gasteiger partial charge in [-0.25, -0.2) is 4.98 Å². The minimum Gasteiger partial charge on any atom is -0.337 e. The highest BCUT2D eigenvalue weighted by atomic mass is 15.2. The summed E-state index contributed by atoms with van der Waals surface area (Å²) in [5.41, 5.74) is 0.514. The maximum atomic E-state index is 4.43. The van der Waals surface area contributed by atoms with Crippen molar-refractivity contribution in [2.75, 3.05) is 26.7 Å². The van der Waals surface area contributed by atoms with Crippen LogP contribution in [0.3, 0.4) is 0 Å². The molecule has 1 fully saturated rings. The highest BCUT2D eigenvalue weighted by molar-refractivity contribution is 4.92. The van der Waals surface area contributed by atoms with Gasteiger partial charge in [0.05, 0.1) is 6.54 Å². The predicted octanol–water partition coefficient (Wildman–Crippen LogP) is 2.02. The minimum atomic E-state index is 0.514. The zero-order chi connectivity index (χ0) is 13.7. The average molecular weight is 264 g/mol. The molecule has 0 amide bonds. The van der Waals surface area contributed by atoms with Crippen molar-refractivity contribution < 1.29 is 0 Å². The molecule has 0 radical (unpaired) electrons. The maximum Gasteiger partial charge on any atom is 0.122 e. The molecule has 4 nitrogen and oxygen atoms in total. The number of nitrogens with one attached hydrogen (secondary N) is 1. The smallest absolute Gasteiger partial charge is 0.122 e. The molecule has 0 aromatic carbocycles. The quantitative estimate of drug-likeness (QED) is 0.853. The lowest BCUT2D eigenvalue weighted by molar-refractivity contribution is 0.111. The molecule has 4 heteroatoms. The molecule has 1 saturated heterocycles. The molecule has 0 atom stereocenters. The van der Waals surface area contributed by atoms with E-state index in [4.69, 9.17) is 0 Å². The molecule has 1 aromatic heterocycles. The molecular weight excluding hydrogens is 236 g/mol. The molecule has 1 aliphatic rings. The molecule has 2 heterocycles. The van der Waals surface area contributed by atoms with E-state index in [9.17, 15) is 0 Å². The van der Waals surface area contributed by atoms with E-state index in [1.807, 2.05) is 12.4 Å². The summed E-state index contributed by atoms with van der Waals surface area (Å²) in [5.74, 6) is 1.16. The summed E-state index contributed by atoms with van der Waals surface area (Å²) in [6, 6.07) is 0. The fourth-order valence-electron chi connectivity index (χ4n) is 3.39. The van der Waals surface area contributed by atoms with Crippen LogP contribution in [0, 0.1) is 5.41 Å². The van der Waals surface area contributed by atoms with Crippen molar-refractivity contribution in [3.63, 3.8) is 0 Å². The summed E-state index contributed by atoms with van der Waals surface area (Å²) >= 11 is 0. The second-order valence-corrected chi connectivity index (χ2v) is 6.13. The monoisotopic (exact) mass is 264 g/mol. The van der Waals surface area contributed by atoms with Gasteiger partial charge in [-0.1, -0.05) is 13.3 Å². The lowest BCUT2D eigenvalue weighted by Crippen LogP contribution is -2.43. The first-order valence-corrected chi connectivity index (χ1v) is 7.51. The molecule has 0 saturated carbocycles.